The molecule has 29 heavy (non-hydrogen) atoms. The van der Waals surface area contributed by atoms with Crippen LogP contribution in [-0.4, -0.2) is 45.5 Å². The van der Waals surface area contributed by atoms with Crippen molar-refractivity contribution in [3.8, 4) is 5.75 Å². The van der Waals surface area contributed by atoms with Crippen molar-refractivity contribution in [2.75, 3.05) is 20.2 Å². The number of carbonyl (C=O) groups is 1. The number of nitrogens with one attached hydrogen (secondary N) is 1. The molecule has 0 aliphatic carbocycles. The van der Waals surface area contributed by atoms with Gasteiger partial charge in [-0.3, -0.25) is 4.79 Å². The Kier molecular flexibility index (Phi) is 7.32. The molecule has 1 heterocycles. The zero-order chi connectivity index (χ0) is 20.9. The summed E-state index contributed by atoms with van der Waals surface area (Å²) in [7, 11) is -2.00. The maximum atomic E-state index is 12.7. The van der Waals surface area contributed by atoms with Crippen LogP contribution in [0.5, 0.6) is 5.75 Å². The number of hydrogen-bond acceptors (Lipinski definition) is 4. The molecule has 1 amide bonds. The first-order chi connectivity index (χ1) is 13.9. The molecule has 156 valence electrons. The molecule has 0 saturated carbocycles. The van der Waals surface area contributed by atoms with E-state index in [1.54, 1.807) is 19.2 Å². The Hall–Kier alpha value is -1.90. The highest BCUT2D eigenvalue weighted by atomic mass is 79.9. The summed E-state index contributed by atoms with van der Waals surface area (Å²) >= 11 is 3.27. The van der Waals surface area contributed by atoms with Gasteiger partial charge in [-0.25, -0.2) is 13.1 Å². The van der Waals surface area contributed by atoms with Gasteiger partial charge in [0.15, 0.2) is 0 Å². The van der Waals surface area contributed by atoms with Crippen LogP contribution in [0.3, 0.4) is 0 Å². The van der Waals surface area contributed by atoms with Gasteiger partial charge in [-0.2, -0.15) is 0 Å². The Balaban J connectivity index is 1.55. The van der Waals surface area contributed by atoms with Gasteiger partial charge in [0.1, 0.15) is 5.75 Å². The van der Waals surface area contributed by atoms with Crippen molar-refractivity contribution >= 4 is 31.9 Å². The predicted octanol–water partition coefficient (Wildman–Crippen LogP) is 3.36. The molecular formula is C21H25BrN2O4S. The lowest BCUT2D eigenvalue weighted by Crippen LogP contribution is -2.38. The van der Waals surface area contributed by atoms with Crippen molar-refractivity contribution < 1.29 is 17.9 Å². The number of benzene rings is 2. The van der Waals surface area contributed by atoms with Crippen molar-refractivity contribution in [1.82, 2.24) is 9.62 Å². The Morgan fingerprint density at radius 3 is 2.79 bits per heavy atom. The summed E-state index contributed by atoms with van der Waals surface area (Å²) in [6, 6.07) is 14.5. The van der Waals surface area contributed by atoms with E-state index >= 15 is 0 Å². The van der Waals surface area contributed by atoms with E-state index < -0.39 is 10.0 Å². The first-order valence-corrected chi connectivity index (χ1v) is 11.8. The van der Waals surface area contributed by atoms with Gasteiger partial charge in [0.05, 0.1) is 12.0 Å². The molecule has 1 aliphatic rings. The number of amides is 1. The number of halogens is 1. The number of nitrogens with zero attached hydrogens (tertiary/aromatic N) is 1. The number of rotatable bonds is 8. The van der Waals surface area contributed by atoms with Crippen LogP contribution in [0, 0.1) is 0 Å². The third-order valence-corrected chi connectivity index (χ3v) is 6.99. The number of carbonyl (C=O) groups excluding carboxylic acids is 1. The van der Waals surface area contributed by atoms with Gasteiger partial charge in [0.2, 0.25) is 15.9 Å². The molecule has 1 aliphatic heterocycles. The second-order valence-electron chi connectivity index (χ2n) is 7.04. The number of sulfonamides is 1. The van der Waals surface area contributed by atoms with Gasteiger partial charge in [-0.05, 0) is 55.2 Å². The summed E-state index contributed by atoms with van der Waals surface area (Å²) in [5.41, 5.74) is 1.13. The largest absolute Gasteiger partial charge is 0.497 e. The Labute approximate surface area is 180 Å². The van der Waals surface area contributed by atoms with E-state index in [9.17, 15) is 13.2 Å². The second kappa shape index (κ2) is 9.73. The van der Waals surface area contributed by atoms with Crippen molar-refractivity contribution in [3.05, 3.63) is 58.6 Å². The van der Waals surface area contributed by atoms with Crippen molar-refractivity contribution in [2.45, 2.75) is 36.6 Å². The summed E-state index contributed by atoms with van der Waals surface area (Å²) in [4.78, 5) is 14.8. The van der Waals surface area contributed by atoms with Crippen LogP contribution in [0.15, 0.2) is 57.9 Å². The van der Waals surface area contributed by atoms with Crippen LogP contribution < -0.4 is 9.46 Å². The summed E-state index contributed by atoms with van der Waals surface area (Å²) in [6.07, 6.45) is 2.82. The number of ether oxygens (including phenoxy) is 1. The SMILES string of the molecule is COc1cccc(CC2CCCN2C(=O)CCNS(=O)(=O)c2cccc(Br)c2)c1. The molecule has 0 aromatic heterocycles. The quantitative estimate of drug-likeness (QED) is 0.628. The monoisotopic (exact) mass is 480 g/mol. The van der Waals surface area contributed by atoms with E-state index in [-0.39, 0.29) is 29.8 Å². The number of likely N-dealkylation sites (tertiary alicyclic amines) is 1. The Morgan fingerprint density at radius 2 is 2.03 bits per heavy atom. The van der Waals surface area contributed by atoms with Crippen LogP contribution in [0.4, 0.5) is 0 Å². The van der Waals surface area contributed by atoms with Crippen LogP contribution >= 0.6 is 15.9 Å². The standard InChI is InChI=1S/C21H25BrN2O4S/c1-28-19-8-2-5-16(14-19)13-18-7-4-12-24(18)21(25)10-11-23-29(26,27)20-9-3-6-17(22)15-20/h2-3,5-6,8-9,14-15,18,23H,4,7,10-13H2,1H3. The predicted molar refractivity (Wildman–Crippen MR) is 115 cm³/mol. The highest BCUT2D eigenvalue weighted by Gasteiger charge is 2.28. The van der Waals surface area contributed by atoms with Crippen LogP contribution in [0.2, 0.25) is 0 Å². The molecule has 1 saturated heterocycles. The number of methoxy groups -OCH3 is 1. The third kappa shape index (κ3) is 5.81. The third-order valence-electron chi connectivity index (χ3n) is 5.04. The van der Waals surface area contributed by atoms with E-state index in [1.165, 1.54) is 12.1 Å². The molecule has 1 unspecified atom stereocenters. The molecular weight excluding hydrogens is 456 g/mol. The zero-order valence-corrected chi connectivity index (χ0v) is 18.7. The minimum absolute atomic E-state index is 0.0210. The first kappa shape index (κ1) is 21.8. The Bertz CT molecular complexity index is 965. The maximum absolute atomic E-state index is 12.7. The zero-order valence-electron chi connectivity index (χ0n) is 16.3. The van der Waals surface area contributed by atoms with Gasteiger partial charge in [0.25, 0.3) is 0 Å². The molecule has 1 atom stereocenters. The fourth-order valence-corrected chi connectivity index (χ4v) is 5.23. The summed E-state index contributed by atoms with van der Waals surface area (Å²) in [5, 5.41) is 0. The lowest BCUT2D eigenvalue weighted by Gasteiger charge is -2.25. The van der Waals surface area contributed by atoms with E-state index in [2.05, 4.69) is 20.7 Å². The Morgan fingerprint density at radius 1 is 1.24 bits per heavy atom. The first-order valence-electron chi connectivity index (χ1n) is 9.56. The van der Waals surface area contributed by atoms with E-state index in [4.69, 9.17) is 4.74 Å². The average molecular weight is 481 g/mol. The smallest absolute Gasteiger partial charge is 0.240 e. The molecule has 3 rings (SSSR count). The molecule has 6 nitrogen and oxygen atoms in total. The topological polar surface area (TPSA) is 75.7 Å². The lowest BCUT2D eigenvalue weighted by molar-refractivity contribution is -0.131. The molecule has 0 bridgehead atoms. The molecule has 0 spiro atoms. The van der Waals surface area contributed by atoms with Gasteiger partial charge in [-0.1, -0.05) is 34.1 Å². The van der Waals surface area contributed by atoms with Gasteiger partial charge in [-0.15, -0.1) is 0 Å². The van der Waals surface area contributed by atoms with E-state index in [0.717, 1.165) is 30.6 Å². The van der Waals surface area contributed by atoms with Gasteiger partial charge in [0, 0.05) is 30.0 Å². The lowest BCUT2D eigenvalue weighted by atomic mass is 10.0. The van der Waals surface area contributed by atoms with Crippen molar-refractivity contribution in [3.63, 3.8) is 0 Å². The summed E-state index contributed by atoms with van der Waals surface area (Å²) in [6.45, 7) is 0.794. The van der Waals surface area contributed by atoms with Gasteiger partial charge >= 0.3 is 0 Å². The molecule has 2 aromatic carbocycles. The normalized spacial score (nSPS) is 16.8. The van der Waals surface area contributed by atoms with Gasteiger partial charge < -0.3 is 9.64 Å². The molecule has 0 radical (unpaired) electrons. The van der Waals surface area contributed by atoms with Crippen LogP contribution in [0.25, 0.3) is 0 Å². The van der Waals surface area contributed by atoms with E-state index in [0.29, 0.717) is 11.0 Å². The van der Waals surface area contributed by atoms with Crippen LogP contribution in [-0.2, 0) is 21.2 Å². The summed E-state index contributed by atoms with van der Waals surface area (Å²) < 4.78 is 33.3. The second-order valence-corrected chi connectivity index (χ2v) is 9.73. The maximum Gasteiger partial charge on any atom is 0.240 e. The van der Waals surface area contributed by atoms with Crippen molar-refractivity contribution in [1.29, 1.82) is 0 Å². The fourth-order valence-electron chi connectivity index (χ4n) is 3.60. The van der Waals surface area contributed by atoms with Crippen molar-refractivity contribution in [2.24, 2.45) is 0 Å². The highest BCUT2D eigenvalue weighted by molar-refractivity contribution is 9.10. The molecule has 1 N–H and O–H groups in total. The minimum atomic E-state index is -3.64. The van der Waals surface area contributed by atoms with Crippen LogP contribution in [0.1, 0.15) is 24.8 Å². The number of hydrogen-bond donors (Lipinski definition) is 1. The molecule has 1 fully saturated rings. The summed E-state index contributed by atoms with van der Waals surface area (Å²) in [5.74, 6) is 0.785. The average Bonchev–Trinajstić information content (AvgIpc) is 3.16. The minimum Gasteiger partial charge on any atom is -0.497 e. The fraction of sp³-hybridized carbons (Fsp3) is 0.381. The van der Waals surface area contributed by atoms with E-state index in [1.807, 2.05) is 29.2 Å². The molecule has 8 heteroatoms. The highest BCUT2D eigenvalue weighted by Crippen LogP contribution is 2.24. The molecule has 2 aromatic rings.